The number of aromatic nitrogens is 2. The molecule has 0 aliphatic carbocycles. The van der Waals surface area contributed by atoms with Gasteiger partial charge in [0.25, 0.3) is 11.5 Å². The van der Waals surface area contributed by atoms with E-state index in [4.69, 9.17) is 11.6 Å². The Hall–Kier alpha value is -4.17. The van der Waals surface area contributed by atoms with E-state index in [1.807, 2.05) is 32.0 Å². The van der Waals surface area contributed by atoms with Crippen molar-refractivity contribution in [1.29, 1.82) is 0 Å². The summed E-state index contributed by atoms with van der Waals surface area (Å²) in [6, 6.07) is 20.7. The van der Waals surface area contributed by atoms with Crippen molar-refractivity contribution in [3.8, 4) is 0 Å². The molecule has 0 saturated heterocycles. The zero-order valence-corrected chi connectivity index (χ0v) is 22.0. The average molecular weight is 533 g/mol. The zero-order chi connectivity index (χ0) is 27.2. The molecule has 1 heterocycles. The number of rotatable bonds is 9. The Morgan fingerprint density at radius 2 is 1.61 bits per heavy atom. The van der Waals surface area contributed by atoms with Gasteiger partial charge in [0.15, 0.2) is 0 Å². The second kappa shape index (κ2) is 11.9. The van der Waals surface area contributed by atoms with Gasteiger partial charge in [0.2, 0.25) is 5.91 Å². The summed E-state index contributed by atoms with van der Waals surface area (Å²) in [7, 11) is 0. The van der Waals surface area contributed by atoms with Crippen LogP contribution in [0.2, 0.25) is 5.02 Å². The summed E-state index contributed by atoms with van der Waals surface area (Å²) in [4.78, 5) is 51.8. The van der Waals surface area contributed by atoms with Gasteiger partial charge in [0.05, 0.1) is 17.4 Å². The number of benzene rings is 3. The number of hydrogen-bond donors (Lipinski definition) is 2. The fraction of sp³-hybridized carbons (Fsp3) is 0.241. The minimum atomic E-state index is -0.574. The van der Waals surface area contributed by atoms with Gasteiger partial charge in [-0.1, -0.05) is 61.0 Å². The number of hydrogen-bond acceptors (Lipinski definition) is 4. The van der Waals surface area contributed by atoms with E-state index < -0.39 is 11.2 Å². The number of halogens is 1. The number of para-hydroxylation sites is 1. The average Bonchev–Trinajstić information content (AvgIpc) is 2.93. The summed E-state index contributed by atoms with van der Waals surface area (Å²) < 4.78 is 2.44. The Morgan fingerprint density at radius 3 is 2.32 bits per heavy atom. The SMILES string of the molecule is CC[C@H](C)NC(=O)Cn1c(=O)n(Cc2ccc(C(=O)NCc3ccccc3Cl)cc2)c(=O)c2ccccc21. The van der Waals surface area contributed by atoms with Crippen LogP contribution in [0, 0.1) is 0 Å². The molecule has 3 aromatic carbocycles. The van der Waals surface area contributed by atoms with Crippen molar-refractivity contribution in [2.24, 2.45) is 0 Å². The zero-order valence-electron chi connectivity index (χ0n) is 21.2. The highest BCUT2D eigenvalue weighted by Gasteiger charge is 2.16. The predicted octanol–water partition coefficient (Wildman–Crippen LogP) is 3.71. The van der Waals surface area contributed by atoms with E-state index >= 15 is 0 Å². The standard InChI is InChI=1S/C29H29ClN4O4/c1-3-19(2)32-26(35)18-33-25-11-7-5-9-23(25)28(37)34(29(33)38)17-20-12-14-21(15-13-20)27(36)31-16-22-8-4-6-10-24(22)30/h4-15,19H,3,16-18H2,1-2H3,(H,31,36)(H,32,35)/t19-/m0/s1. The number of nitrogens with zero attached hydrogens (tertiary/aromatic N) is 2. The third-order valence-electron chi connectivity index (χ3n) is 6.41. The van der Waals surface area contributed by atoms with Gasteiger partial charge in [-0.25, -0.2) is 4.79 Å². The van der Waals surface area contributed by atoms with Crippen LogP contribution in [-0.4, -0.2) is 27.0 Å². The van der Waals surface area contributed by atoms with E-state index in [1.165, 1.54) is 4.57 Å². The Morgan fingerprint density at radius 1 is 0.921 bits per heavy atom. The molecule has 1 atom stereocenters. The molecule has 0 fully saturated rings. The summed E-state index contributed by atoms with van der Waals surface area (Å²) in [6.45, 7) is 3.93. The molecule has 0 saturated carbocycles. The maximum Gasteiger partial charge on any atom is 0.332 e. The first kappa shape index (κ1) is 26.9. The van der Waals surface area contributed by atoms with Gasteiger partial charge in [-0.3, -0.25) is 23.5 Å². The summed E-state index contributed by atoms with van der Waals surface area (Å²) in [5.41, 5.74) is 1.30. The van der Waals surface area contributed by atoms with Crippen LogP contribution in [-0.2, 0) is 24.4 Å². The molecule has 4 rings (SSSR count). The van der Waals surface area contributed by atoms with Gasteiger partial charge in [0.1, 0.15) is 6.54 Å². The highest BCUT2D eigenvalue weighted by atomic mass is 35.5. The van der Waals surface area contributed by atoms with Crippen LogP contribution in [0.15, 0.2) is 82.4 Å². The molecule has 0 bridgehead atoms. The van der Waals surface area contributed by atoms with Crippen molar-refractivity contribution >= 4 is 34.3 Å². The van der Waals surface area contributed by atoms with Gasteiger partial charge in [0, 0.05) is 23.2 Å². The van der Waals surface area contributed by atoms with Gasteiger partial charge in [-0.2, -0.15) is 0 Å². The Labute approximate surface area is 224 Å². The van der Waals surface area contributed by atoms with Gasteiger partial charge in [-0.15, -0.1) is 0 Å². The number of carbonyl (C=O) groups excluding carboxylic acids is 2. The molecule has 196 valence electrons. The number of amides is 2. The first-order chi connectivity index (χ1) is 18.3. The van der Waals surface area contributed by atoms with Crippen molar-refractivity contribution in [3.63, 3.8) is 0 Å². The molecule has 0 aliphatic heterocycles. The molecule has 0 unspecified atom stereocenters. The lowest BCUT2D eigenvalue weighted by atomic mass is 10.1. The fourth-order valence-electron chi connectivity index (χ4n) is 4.09. The van der Waals surface area contributed by atoms with Gasteiger partial charge in [-0.05, 0) is 54.8 Å². The third kappa shape index (κ3) is 6.03. The molecule has 1 aromatic heterocycles. The molecular formula is C29H29ClN4O4. The largest absolute Gasteiger partial charge is 0.352 e. The van der Waals surface area contributed by atoms with Crippen LogP contribution in [0.1, 0.15) is 41.8 Å². The minimum Gasteiger partial charge on any atom is -0.352 e. The minimum absolute atomic E-state index is 0.00297. The van der Waals surface area contributed by atoms with Crippen molar-refractivity contribution in [1.82, 2.24) is 19.8 Å². The van der Waals surface area contributed by atoms with E-state index in [-0.39, 0.29) is 37.5 Å². The molecule has 9 heteroatoms. The van der Waals surface area contributed by atoms with Crippen LogP contribution < -0.4 is 21.9 Å². The van der Waals surface area contributed by atoms with Crippen molar-refractivity contribution in [2.75, 3.05) is 0 Å². The molecule has 0 spiro atoms. The molecule has 2 N–H and O–H groups in total. The molecule has 38 heavy (non-hydrogen) atoms. The van der Waals surface area contributed by atoms with Gasteiger partial charge >= 0.3 is 5.69 Å². The van der Waals surface area contributed by atoms with Crippen LogP contribution in [0.5, 0.6) is 0 Å². The predicted molar refractivity (Wildman–Crippen MR) is 149 cm³/mol. The summed E-state index contributed by atoms with van der Waals surface area (Å²) in [6.07, 6.45) is 0.759. The molecule has 2 amide bonds. The van der Waals surface area contributed by atoms with Crippen molar-refractivity contribution < 1.29 is 9.59 Å². The van der Waals surface area contributed by atoms with Crippen molar-refractivity contribution in [2.45, 2.75) is 45.9 Å². The molecule has 4 aromatic rings. The van der Waals surface area contributed by atoms with E-state index in [0.717, 1.165) is 16.6 Å². The third-order valence-corrected chi connectivity index (χ3v) is 6.78. The fourth-order valence-corrected chi connectivity index (χ4v) is 4.30. The van der Waals surface area contributed by atoms with E-state index in [1.54, 1.807) is 54.6 Å². The number of fused-ring (bicyclic) bond motifs is 1. The Balaban J connectivity index is 1.57. The summed E-state index contributed by atoms with van der Waals surface area (Å²) >= 11 is 6.15. The monoisotopic (exact) mass is 532 g/mol. The lowest BCUT2D eigenvalue weighted by Crippen LogP contribution is -2.43. The first-order valence-electron chi connectivity index (χ1n) is 12.4. The Bertz CT molecular complexity index is 1590. The van der Waals surface area contributed by atoms with Crippen molar-refractivity contribution in [3.05, 3.63) is 115 Å². The van der Waals surface area contributed by atoms with E-state index in [0.29, 0.717) is 27.1 Å². The smallest absolute Gasteiger partial charge is 0.332 e. The second-order valence-electron chi connectivity index (χ2n) is 9.12. The quantitative estimate of drug-likeness (QED) is 0.343. The first-order valence-corrected chi connectivity index (χ1v) is 12.8. The highest BCUT2D eigenvalue weighted by Crippen LogP contribution is 2.15. The molecular weight excluding hydrogens is 504 g/mol. The summed E-state index contributed by atoms with van der Waals surface area (Å²) in [5, 5.41) is 6.62. The topological polar surface area (TPSA) is 102 Å². The number of nitrogens with one attached hydrogen (secondary N) is 2. The maximum absolute atomic E-state index is 13.4. The Kier molecular flexibility index (Phi) is 8.43. The normalized spacial score (nSPS) is 11.8. The van der Waals surface area contributed by atoms with Crippen LogP contribution >= 0.6 is 11.6 Å². The molecule has 8 nitrogen and oxygen atoms in total. The molecule has 0 aliphatic rings. The number of carbonyl (C=O) groups is 2. The second-order valence-corrected chi connectivity index (χ2v) is 9.53. The molecule has 0 radical (unpaired) electrons. The van der Waals surface area contributed by atoms with E-state index in [9.17, 15) is 19.2 Å². The van der Waals surface area contributed by atoms with E-state index in [2.05, 4.69) is 10.6 Å². The van der Waals surface area contributed by atoms with Crippen LogP contribution in [0.4, 0.5) is 0 Å². The summed E-state index contributed by atoms with van der Waals surface area (Å²) in [5.74, 6) is -0.571. The van der Waals surface area contributed by atoms with Gasteiger partial charge < -0.3 is 10.6 Å². The van der Waals surface area contributed by atoms with Crippen LogP contribution in [0.3, 0.4) is 0 Å². The lowest BCUT2D eigenvalue weighted by Gasteiger charge is -2.16. The lowest BCUT2D eigenvalue weighted by molar-refractivity contribution is -0.122. The maximum atomic E-state index is 13.4. The van der Waals surface area contributed by atoms with Crippen LogP contribution in [0.25, 0.3) is 10.9 Å². The highest BCUT2D eigenvalue weighted by molar-refractivity contribution is 6.31.